The SMILES string of the molecule is CCCCN(C)C(=O)CCCCCCCCCC[C@]1(O)CC[C@H]2[C@@H]3CCc4cc(O)ccc4[C@H]3CC[C@@]21C. The number of carbonyl (C=O) groups is 1. The van der Waals surface area contributed by atoms with Gasteiger partial charge in [0.25, 0.3) is 0 Å². The number of unbranched alkanes of at least 4 members (excludes halogenated alkanes) is 8. The lowest BCUT2D eigenvalue weighted by Crippen LogP contribution is -2.50. The van der Waals surface area contributed by atoms with Gasteiger partial charge < -0.3 is 15.1 Å². The monoisotopic (exact) mass is 525 g/mol. The third kappa shape index (κ3) is 6.43. The first-order valence-corrected chi connectivity index (χ1v) is 16.1. The Hall–Kier alpha value is -1.55. The number of hydrogen-bond donors (Lipinski definition) is 2. The van der Waals surface area contributed by atoms with Crippen LogP contribution in [0.15, 0.2) is 18.2 Å². The van der Waals surface area contributed by atoms with E-state index in [-0.39, 0.29) is 5.41 Å². The van der Waals surface area contributed by atoms with E-state index in [1.165, 1.54) is 68.9 Å². The molecule has 2 saturated carbocycles. The van der Waals surface area contributed by atoms with E-state index in [9.17, 15) is 15.0 Å². The van der Waals surface area contributed by atoms with Crippen LogP contribution in [-0.4, -0.2) is 40.2 Å². The van der Waals surface area contributed by atoms with Crippen molar-refractivity contribution >= 4 is 5.91 Å². The summed E-state index contributed by atoms with van der Waals surface area (Å²) in [5.41, 5.74) is 2.40. The third-order valence-corrected chi connectivity index (χ3v) is 11.0. The lowest BCUT2D eigenvalue weighted by atomic mass is 9.53. The summed E-state index contributed by atoms with van der Waals surface area (Å²) in [5, 5.41) is 21.9. The first-order valence-electron chi connectivity index (χ1n) is 16.1. The number of benzene rings is 1. The van der Waals surface area contributed by atoms with Crippen LogP contribution < -0.4 is 0 Å². The number of fused-ring (bicyclic) bond motifs is 5. The number of aromatic hydroxyl groups is 1. The van der Waals surface area contributed by atoms with Crippen LogP contribution in [0.4, 0.5) is 0 Å². The van der Waals surface area contributed by atoms with Crippen LogP contribution in [0.3, 0.4) is 0 Å². The Bertz CT molecular complexity index is 915. The Morgan fingerprint density at radius 2 is 1.68 bits per heavy atom. The van der Waals surface area contributed by atoms with Crippen LogP contribution in [0.2, 0.25) is 0 Å². The van der Waals surface area contributed by atoms with E-state index >= 15 is 0 Å². The van der Waals surface area contributed by atoms with Crippen LogP contribution in [0.25, 0.3) is 0 Å². The second kappa shape index (κ2) is 13.2. The number of aryl methyl sites for hydroxylation is 1. The largest absolute Gasteiger partial charge is 0.508 e. The normalized spacial score (nSPS) is 29.9. The summed E-state index contributed by atoms with van der Waals surface area (Å²) in [6, 6.07) is 6.03. The number of aliphatic hydroxyl groups is 1. The van der Waals surface area contributed by atoms with Crippen LogP contribution in [0.1, 0.15) is 140 Å². The molecule has 1 amide bonds. The standard InChI is InChI=1S/C34H55NO3/c1-4-5-24-35(3)32(37)14-12-10-8-6-7-9-11-13-21-34(38)23-20-31-30-17-15-26-25-27(36)16-18-28(26)29(30)19-22-33(31,34)2/h16,18,25,29-31,36,38H,4-15,17,19-24H2,1-3H3/t29-,30-,31+,33+,34+/m1/s1. The number of hydrogen-bond acceptors (Lipinski definition) is 3. The van der Waals surface area contributed by atoms with Gasteiger partial charge in [-0.15, -0.1) is 0 Å². The van der Waals surface area contributed by atoms with E-state index in [0.29, 0.717) is 35.8 Å². The molecule has 38 heavy (non-hydrogen) atoms. The van der Waals surface area contributed by atoms with Gasteiger partial charge in [0.1, 0.15) is 5.75 Å². The molecule has 0 radical (unpaired) electrons. The number of amides is 1. The minimum Gasteiger partial charge on any atom is -0.508 e. The highest BCUT2D eigenvalue weighted by Crippen LogP contribution is 2.65. The maximum Gasteiger partial charge on any atom is 0.222 e. The minimum atomic E-state index is -0.491. The highest BCUT2D eigenvalue weighted by molar-refractivity contribution is 5.75. The minimum absolute atomic E-state index is 0.0602. The second-order valence-electron chi connectivity index (χ2n) is 13.3. The summed E-state index contributed by atoms with van der Waals surface area (Å²) in [7, 11) is 1.94. The predicted octanol–water partition coefficient (Wildman–Crippen LogP) is 8.14. The summed E-state index contributed by atoms with van der Waals surface area (Å²) in [6.07, 6.45) is 20.3. The van der Waals surface area contributed by atoms with Gasteiger partial charge >= 0.3 is 0 Å². The lowest BCUT2D eigenvalue weighted by molar-refractivity contribution is -0.130. The van der Waals surface area contributed by atoms with Gasteiger partial charge in [0.2, 0.25) is 5.91 Å². The second-order valence-corrected chi connectivity index (χ2v) is 13.3. The zero-order chi connectivity index (χ0) is 27.2. The maximum atomic E-state index is 12.1. The van der Waals surface area contributed by atoms with Gasteiger partial charge in [-0.3, -0.25) is 4.79 Å². The van der Waals surface area contributed by atoms with Gasteiger partial charge in [0, 0.05) is 20.0 Å². The molecule has 0 heterocycles. The van der Waals surface area contributed by atoms with Gasteiger partial charge in [0.15, 0.2) is 0 Å². The van der Waals surface area contributed by atoms with E-state index in [1.807, 2.05) is 24.1 Å². The van der Waals surface area contributed by atoms with Gasteiger partial charge in [-0.05, 0) is 104 Å². The molecule has 0 unspecified atom stereocenters. The van der Waals surface area contributed by atoms with Gasteiger partial charge in [0.05, 0.1) is 5.60 Å². The van der Waals surface area contributed by atoms with Crippen LogP contribution in [-0.2, 0) is 11.2 Å². The molecule has 2 fully saturated rings. The Morgan fingerprint density at radius 3 is 2.42 bits per heavy atom. The molecule has 4 heteroatoms. The number of carbonyl (C=O) groups excluding carboxylic acids is 1. The Balaban J connectivity index is 1.13. The fraction of sp³-hybridized carbons (Fsp3) is 0.794. The Kier molecular flexibility index (Phi) is 10.2. The average molecular weight is 526 g/mol. The van der Waals surface area contributed by atoms with Crippen LogP contribution >= 0.6 is 0 Å². The number of nitrogens with zero attached hydrogens (tertiary/aromatic N) is 1. The first kappa shape index (κ1) is 29.4. The maximum absolute atomic E-state index is 12.1. The molecule has 0 aromatic heterocycles. The molecular weight excluding hydrogens is 470 g/mol. The predicted molar refractivity (Wildman–Crippen MR) is 156 cm³/mol. The Morgan fingerprint density at radius 1 is 0.974 bits per heavy atom. The van der Waals surface area contributed by atoms with Gasteiger partial charge in [-0.25, -0.2) is 0 Å². The molecule has 0 bridgehead atoms. The van der Waals surface area contributed by atoms with Crippen molar-refractivity contribution in [2.45, 2.75) is 141 Å². The highest BCUT2D eigenvalue weighted by Gasteiger charge is 2.60. The first-order chi connectivity index (χ1) is 18.3. The quantitative estimate of drug-likeness (QED) is 0.241. The molecule has 214 valence electrons. The summed E-state index contributed by atoms with van der Waals surface area (Å²) in [6.45, 7) is 5.48. The third-order valence-electron chi connectivity index (χ3n) is 11.0. The Labute approximate surface area is 232 Å². The average Bonchev–Trinajstić information content (AvgIpc) is 3.18. The van der Waals surface area contributed by atoms with Crippen LogP contribution in [0, 0.1) is 17.3 Å². The van der Waals surface area contributed by atoms with Crippen molar-refractivity contribution in [3.63, 3.8) is 0 Å². The molecule has 3 aliphatic rings. The van der Waals surface area contributed by atoms with Crippen molar-refractivity contribution in [1.29, 1.82) is 0 Å². The van der Waals surface area contributed by atoms with E-state index in [1.54, 1.807) is 0 Å². The molecule has 0 saturated heterocycles. The van der Waals surface area contributed by atoms with E-state index < -0.39 is 5.60 Å². The molecule has 5 atom stereocenters. The zero-order valence-electron chi connectivity index (χ0n) is 24.6. The zero-order valence-corrected chi connectivity index (χ0v) is 24.6. The smallest absolute Gasteiger partial charge is 0.222 e. The lowest BCUT2D eigenvalue weighted by Gasteiger charge is -2.53. The van der Waals surface area contributed by atoms with Crippen molar-refractivity contribution in [1.82, 2.24) is 4.90 Å². The van der Waals surface area contributed by atoms with Crippen molar-refractivity contribution in [2.75, 3.05) is 13.6 Å². The molecule has 1 aromatic carbocycles. The van der Waals surface area contributed by atoms with Crippen molar-refractivity contribution in [3.8, 4) is 5.75 Å². The molecule has 0 aliphatic heterocycles. The number of phenols is 1. The van der Waals surface area contributed by atoms with E-state index in [2.05, 4.69) is 19.9 Å². The number of phenolic OH excluding ortho intramolecular Hbond substituents is 1. The molecule has 4 rings (SSSR count). The van der Waals surface area contributed by atoms with Gasteiger partial charge in [-0.2, -0.15) is 0 Å². The fourth-order valence-corrected chi connectivity index (χ4v) is 8.55. The molecule has 2 N–H and O–H groups in total. The number of rotatable bonds is 14. The van der Waals surface area contributed by atoms with Crippen molar-refractivity contribution in [3.05, 3.63) is 29.3 Å². The van der Waals surface area contributed by atoms with E-state index in [4.69, 9.17) is 0 Å². The van der Waals surface area contributed by atoms with Crippen molar-refractivity contribution < 1.29 is 15.0 Å². The molecule has 1 aromatic rings. The van der Waals surface area contributed by atoms with E-state index in [0.717, 1.165) is 57.9 Å². The topological polar surface area (TPSA) is 60.8 Å². The summed E-state index contributed by atoms with van der Waals surface area (Å²) < 4.78 is 0. The summed E-state index contributed by atoms with van der Waals surface area (Å²) in [4.78, 5) is 14.0. The van der Waals surface area contributed by atoms with Crippen LogP contribution in [0.5, 0.6) is 5.75 Å². The highest BCUT2D eigenvalue weighted by atomic mass is 16.3. The molecular formula is C34H55NO3. The van der Waals surface area contributed by atoms with Gasteiger partial charge in [-0.1, -0.05) is 71.3 Å². The molecule has 0 spiro atoms. The van der Waals surface area contributed by atoms with Crippen molar-refractivity contribution in [2.24, 2.45) is 17.3 Å². The summed E-state index contributed by atoms with van der Waals surface area (Å²) in [5.74, 6) is 2.63. The molecule has 3 aliphatic carbocycles. The molecule has 4 nitrogen and oxygen atoms in total. The summed E-state index contributed by atoms with van der Waals surface area (Å²) >= 11 is 0. The fourth-order valence-electron chi connectivity index (χ4n) is 8.55.